The van der Waals surface area contributed by atoms with Crippen molar-refractivity contribution < 1.29 is 0 Å². The largest absolute Gasteiger partial charge is 0.352 e. The first kappa shape index (κ1) is 17.2. The molecule has 5 nitrogen and oxygen atoms in total. The topological polar surface area (TPSA) is 45.5 Å². The number of hydrogen-bond acceptors (Lipinski definition) is 3. The zero-order chi connectivity index (χ0) is 17.5. The van der Waals surface area contributed by atoms with Gasteiger partial charge in [-0.3, -0.25) is 4.99 Å². The second kappa shape index (κ2) is 8.48. The molecule has 2 heterocycles. The van der Waals surface area contributed by atoms with Gasteiger partial charge in [-0.25, -0.2) is 4.68 Å². The van der Waals surface area contributed by atoms with Crippen molar-refractivity contribution in [1.29, 1.82) is 0 Å². The van der Waals surface area contributed by atoms with Gasteiger partial charge >= 0.3 is 0 Å². The van der Waals surface area contributed by atoms with E-state index in [1.165, 1.54) is 10.4 Å². The van der Waals surface area contributed by atoms with Crippen LogP contribution in [0.1, 0.15) is 10.4 Å². The fraction of sp³-hybridized carbons (Fsp3) is 0.263. The number of rotatable bonds is 6. The van der Waals surface area contributed by atoms with Gasteiger partial charge in [0, 0.05) is 44.5 Å². The Morgan fingerprint density at radius 3 is 2.72 bits per heavy atom. The van der Waals surface area contributed by atoms with E-state index in [1.807, 2.05) is 24.0 Å². The SMILES string of the molecule is CN=C(NCc1ccc(-n2cccn2)cc1)N(C)CCc1cccs1. The van der Waals surface area contributed by atoms with Gasteiger partial charge in [0.25, 0.3) is 0 Å². The minimum Gasteiger partial charge on any atom is -0.352 e. The number of thiophene rings is 1. The van der Waals surface area contributed by atoms with Gasteiger partial charge in [0.1, 0.15) is 0 Å². The van der Waals surface area contributed by atoms with Gasteiger partial charge in [0.15, 0.2) is 5.96 Å². The van der Waals surface area contributed by atoms with Crippen molar-refractivity contribution in [2.45, 2.75) is 13.0 Å². The summed E-state index contributed by atoms with van der Waals surface area (Å²) in [5.74, 6) is 0.910. The normalized spacial score (nSPS) is 11.5. The van der Waals surface area contributed by atoms with Crippen molar-refractivity contribution in [3.8, 4) is 5.69 Å². The predicted molar refractivity (Wildman–Crippen MR) is 104 cm³/mol. The van der Waals surface area contributed by atoms with Crippen molar-refractivity contribution in [3.05, 3.63) is 70.7 Å². The van der Waals surface area contributed by atoms with E-state index in [4.69, 9.17) is 0 Å². The van der Waals surface area contributed by atoms with Crippen LogP contribution in [0.3, 0.4) is 0 Å². The molecule has 6 heteroatoms. The molecule has 0 unspecified atom stereocenters. The van der Waals surface area contributed by atoms with Gasteiger partial charge in [-0.1, -0.05) is 18.2 Å². The van der Waals surface area contributed by atoms with Crippen LogP contribution in [-0.2, 0) is 13.0 Å². The van der Waals surface area contributed by atoms with Gasteiger partial charge < -0.3 is 10.2 Å². The Balaban J connectivity index is 1.52. The molecule has 1 N–H and O–H groups in total. The summed E-state index contributed by atoms with van der Waals surface area (Å²) in [5.41, 5.74) is 2.27. The molecule has 0 aliphatic rings. The van der Waals surface area contributed by atoms with E-state index in [2.05, 4.69) is 69.1 Å². The van der Waals surface area contributed by atoms with Crippen LogP contribution in [0.5, 0.6) is 0 Å². The van der Waals surface area contributed by atoms with E-state index in [1.54, 1.807) is 17.5 Å². The minimum atomic E-state index is 0.745. The lowest BCUT2D eigenvalue weighted by Gasteiger charge is -2.22. The Kier molecular flexibility index (Phi) is 5.85. The van der Waals surface area contributed by atoms with Crippen LogP contribution in [0.4, 0.5) is 0 Å². The summed E-state index contributed by atoms with van der Waals surface area (Å²) >= 11 is 1.80. The van der Waals surface area contributed by atoms with Crippen LogP contribution >= 0.6 is 11.3 Å². The molecule has 0 spiro atoms. The zero-order valence-corrected chi connectivity index (χ0v) is 15.4. The maximum Gasteiger partial charge on any atom is 0.193 e. The van der Waals surface area contributed by atoms with Crippen molar-refractivity contribution in [2.75, 3.05) is 20.6 Å². The molecule has 0 saturated carbocycles. The smallest absolute Gasteiger partial charge is 0.193 e. The lowest BCUT2D eigenvalue weighted by atomic mass is 10.2. The predicted octanol–water partition coefficient (Wildman–Crippen LogP) is 3.18. The first-order valence-electron chi connectivity index (χ1n) is 8.29. The Labute approximate surface area is 152 Å². The molecule has 0 saturated heterocycles. The summed E-state index contributed by atoms with van der Waals surface area (Å²) in [6.45, 7) is 1.69. The molecule has 2 aromatic heterocycles. The number of benzene rings is 1. The number of likely N-dealkylation sites (N-methyl/N-ethyl adjacent to an activating group) is 1. The summed E-state index contributed by atoms with van der Waals surface area (Å²) in [5, 5.41) is 9.79. The van der Waals surface area contributed by atoms with Crippen molar-refractivity contribution in [1.82, 2.24) is 20.0 Å². The number of nitrogens with zero attached hydrogens (tertiary/aromatic N) is 4. The fourth-order valence-electron chi connectivity index (χ4n) is 2.59. The monoisotopic (exact) mass is 353 g/mol. The molecule has 0 radical (unpaired) electrons. The Hall–Kier alpha value is -2.60. The minimum absolute atomic E-state index is 0.745. The van der Waals surface area contributed by atoms with Gasteiger partial charge in [0.2, 0.25) is 0 Å². The highest BCUT2D eigenvalue weighted by atomic mass is 32.1. The van der Waals surface area contributed by atoms with Crippen LogP contribution in [0.2, 0.25) is 0 Å². The molecule has 0 atom stereocenters. The maximum absolute atomic E-state index is 4.38. The van der Waals surface area contributed by atoms with E-state index in [0.29, 0.717) is 0 Å². The molecule has 0 aliphatic carbocycles. The third kappa shape index (κ3) is 4.70. The molecular weight excluding hydrogens is 330 g/mol. The third-order valence-corrected chi connectivity index (χ3v) is 4.94. The summed E-state index contributed by atoms with van der Waals surface area (Å²) < 4.78 is 1.86. The van der Waals surface area contributed by atoms with Crippen molar-refractivity contribution in [3.63, 3.8) is 0 Å². The molecule has 0 amide bonds. The van der Waals surface area contributed by atoms with Crippen molar-refractivity contribution in [2.24, 2.45) is 4.99 Å². The number of nitrogens with one attached hydrogen (secondary N) is 1. The zero-order valence-electron chi connectivity index (χ0n) is 14.6. The standard InChI is InChI=1S/C19H23N5S/c1-20-19(23(2)13-10-18-5-3-14-25-18)21-15-16-6-8-17(9-7-16)24-12-4-11-22-24/h3-9,11-12,14H,10,13,15H2,1-2H3,(H,20,21). The Morgan fingerprint density at radius 2 is 2.08 bits per heavy atom. The summed E-state index contributed by atoms with van der Waals surface area (Å²) in [6, 6.07) is 14.6. The van der Waals surface area contributed by atoms with Crippen molar-refractivity contribution >= 4 is 17.3 Å². The molecule has 3 aromatic rings. The lowest BCUT2D eigenvalue weighted by Crippen LogP contribution is -2.39. The fourth-order valence-corrected chi connectivity index (χ4v) is 3.29. The first-order valence-corrected chi connectivity index (χ1v) is 9.17. The molecule has 0 bridgehead atoms. The van der Waals surface area contributed by atoms with Crippen LogP contribution in [-0.4, -0.2) is 41.3 Å². The number of aromatic nitrogens is 2. The van der Waals surface area contributed by atoms with E-state index < -0.39 is 0 Å². The summed E-state index contributed by atoms with van der Waals surface area (Å²) in [7, 11) is 3.90. The summed E-state index contributed by atoms with van der Waals surface area (Å²) in [4.78, 5) is 7.95. The van der Waals surface area contributed by atoms with Gasteiger partial charge in [-0.05, 0) is 41.6 Å². The molecule has 0 fully saturated rings. The second-order valence-electron chi connectivity index (χ2n) is 5.77. The van der Waals surface area contributed by atoms with Crippen LogP contribution in [0.25, 0.3) is 5.69 Å². The first-order chi connectivity index (χ1) is 12.3. The van der Waals surface area contributed by atoms with E-state index in [9.17, 15) is 0 Å². The Morgan fingerprint density at radius 1 is 1.24 bits per heavy atom. The average Bonchev–Trinajstić information content (AvgIpc) is 3.35. The highest BCUT2D eigenvalue weighted by molar-refractivity contribution is 7.09. The van der Waals surface area contributed by atoms with Gasteiger partial charge in [0.05, 0.1) is 5.69 Å². The Bertz CT molecular complexity index is 776. The highest BCUT2D eigenvalue weighted by Crippen LogP contribution is 2.10. The molecule has 130 valence electrons. The van der Waals surface area contributed by atoms with Crippen LogP contribution in [0, 0.1) is 0 Å². The van der Waals surface area contributed by atoms with Crippen LogP contribution in [0.15, 0.2) is 65.2 Å². The van der Waals surface area contributed by atoms with E-state index in [0.717, 1.165) is 31.2 Å². The number of hydrogen-bond donors (Lipinski definition) is 1. The molecular formula is C19H23N5S. The number of guanidine groups is 1. The molecule has 25 heavy (non-hydrogen) atoms. The van der Waals surface area contributed by atoms with Crippen LogP contribution < -0.4 is 5.32 Å². The lowest BCUT2D eigenvalue weighted by molar-refractivity contribution is 0.486. The average molecular weight is 353 g/mol. The number of aliphatic imine (C=N–C) groups is 1. The maximum atomic E-state index is 4.38. The van der Waals surface area contributed by atoms with Gasteiger partial charge in [-0.15, -0.1) is 11.3 Å². The van der Waals surface area contributed by atoms with E-state index in [-0.39, 0.29) is 0 Å². The highest BCUT2D eigenvalue weighted by Gasteiger charge is 2.06. The van der Waals surface area contributed by atoms with Gasteiger partial charge in [-0.2, -0.15) is 5.10 Å². The molecule has 0 aliphatic heterocycles. The quantitative estimate of drug-likeness (QED) is 0.547. The third-order valence-electron chi connectivity index (χ3n) is 4.00. The second-order valence-corrected chi connectivity index (χ2v) is 6.80. The molecule has 1 aromatic carbocycles. The van der Waals surface area contributed by atoms with E-state index >= 15 is 0 Å². The summed E-state index contributed by atoms with van der Waals surface area (Å²) in [6.07, 6.45) is 4.76. The molecule has 3 rings (SSSR count).